The average molecular weight is 210 g/mol. The van der Waals surface area contributed by atoms with Gasteiger partial charge >= 0.3 is 0 Å². The van der Waals surface area contributed by atoms with Crippen molar-refractivity contribution in [1.29, 1.82) is 0 Å². The Morgan fingerprint density at radius 1 is 1.64 bits per heavy atom. The first-order valence-electron chi connectivity index (χ1n) is 4.31. The highest BCUT2D eigenvalue weighted by molar-refractivity contribution is 8.14. The minimum absolute atomic E-state index is 0.230. The van der Waals surface area contributed by atoms with Gasteiger partial charge in [0.05, 0.1) is 6.54 Å². The van der Waals surface area contributed by atoms with Crippen LogP contribution in [-0.2, 0) is 0 Å². The molecule has 0 aromatic carbocycles. The number of amides is 1. The molecule has 0 saturated carbocycles. The number of carbonyl (C=O) groups excluding carboxylic acids is 1. The lowest BCUT2D eigenvalue weighted by atomic mass is 10.4. The zero-order valence-electron chi connectivity index (χ0n) is 7.74. The second kappa shape index (κ2) is 3.88. The zero-order valence-corrected chi connectivity index (χ0v) is 8.56. The van der Waals surface area contributed by atoms with Crippen molar-refractivity contribution < 1.29 is 9.21 Å². The van der Waals surface area contributed by atoms with Gasteiger partial charge in [0.2, 0.25) is 0 Å². The summed E-state index contributed by atoms with van der Waals surface area (Å²) in [6.45, 7) is 2.58. The molecule has 74 valence electrons. The standard InChI is InChI=1S/C9H10N2O2S/c1-6-2-3-7(13-6)8(12)11-9-10-4-5-14-9/h2-3H,4-5H2,1H3,(H,10,11,12). The van der Waals surface area contributed by atoms with Gasteiger partial charge < -0.3 is 4.42 Å². The van der Waals surface area contributed by atoms with Gasteiger partial charge in [0, 0.05) is 5.75 Å². The summed E-state index contributed by atoms with van der Waals surface area (Å²) in [4.78, 5) is 15.6. The van der Waals surface area contributed by atoms with Gasteiger partial charge in [0.25, 0.3) is 5.91 Å². The molecule has 1 amide bonds. The van der Waals surface area contributed by atoms with Crippen molar-refractivity contribution in [3.05, 3.63) is 23.7 Å². The number of thioether (sulfide) groups is 1. The molecule has 1 N–H and O–H groups in total. The molecular weight excluding hydrogens is 200 g/mol. The van der Waals surface area contributed by atoms with E-state index in [0.29, 0.717) is 10.9 Å². The van der Waals surface area contributed by atoms with Crippen molar-refractivity contribution in [3.63, 3.8) is 0 Å². The molecule has 0 atom stereocenters. The maximum atomic E-state index is 11.5. The number of amidine groups is 1. The van der Waals surface area contributed by atoms with Crippen molar-refractivity contribution in [2.75, 3.05) is 12.3 Å². The predicted molar refractivity (Wildman–Crippen MR) is 55.7 cm³/mol. The summed E-state index contributed by atoms with van der Waals surface area (Å²) >= 11 is 1.55. The largest absolute Gasteiger partial charge is 0.456 e. The Morgan fingerprint density at radius 3 is 3.07 bits per heavy atom. The summed E-state index contributed by atoms with van der Waals surface area (Å²) in [7, 11) is 0. The summed E-state index contributed by atoms with van der Waals surface area (Å²) < 4.78 is 5.18. The van der Waals surface area contributed by atoms with E-state index in [9.17, 15) is 4.79 Å². The number of hydrogen-bond acceptors (Lipinski definition) is 4. The number of nitrogens with one attached hydrogen (secondary N) is 1. The molecule has 0 spiro atoms. The molecule has 0 aliphatic carbocycles. The Kier molecular flexibility index (Phi) is 2.58. The summed E-state index contributed by atoms with van der Waals surface area (Å²) in [6.07, 6.45) is 0. The highest BCUT2D eigenvalue weighted by atomic mass is 32.2. The molecule has 14 heavy (non-hydrogen) atoms. The third-order valence-corrected chi connectivity index (χ3v) is 2.66. The number of carbonyl (C=O) groups is 1. The first-order chi connectivity index (χ1) is 6.75. The molecular formula is C9H10N2O2S. The minimum Gasteiger partial charge on any atom is -0.456 e. The SMILES string of the molecule is Cc1ccc(C(=O)NC2=NCCS2)o1. The third kappa shape index (κ3) is 1.98. The van der Waals surface area contributed by atoms with E-state index in [1.54, 1.807) is 30.8 Å². The van der Waals surface area contributed by atoms with Crippen LogP contribution in [0.4, 0.5) is 0 Å². The Labute approximate surface area is 85.8 Å². The molecule has 1 aliphatic heterocycles. The molecule has 2 heterocycles. The van der Waals surface area contributed by atoms with Crippen LogP contribution < -0.4 is 5.32 Å². The summed E-state index contributed by atoms with van der Waals surface area (Å²) in [5.74, 6) is 1.77. The fourth-order valence-electron chi connectivity index (χ4n) is 1.13. The van der Waals surface area contributed by atoms with E-state index in [1.165, 1.54) is 0 Å². The van der Waals surface area contributed by atoms with Gasteiger partial charge in [-0.1, -0.05) is 11.8 Å². The van der Waals surface area contributed by atoms with E-state index < -0.39 is 0 Å². The fourth-order valence-corrected chi connectivity index (χ4v) is 1.85. The number of rotatable bonds is 1. The van der Waals surface area contributed by atoms with Crippen LogP contribution in [0.25, 0.3) is 0 Å². The molecule has 0 unspecified atom stereocenters. The van der Waals surface area contributed by atoms with Crippen LogP contribution in [0, 0.1) is 6.92 Å². The van der Waals surface area contributed by atoms with Crippen molar-refractivity contribution in [3.8, 4) is 0 Å². The lowest BCUT2D eigenvalue weighted by Gasteiger charge is -1.99. The monoisotopic (exact) mass is 210 g/mol. The van der Waals surface area contributed by atoms with E-state index in [1.807, 2.05) is 0 Å². The van der Waals surface area contributed by atoms with Crippen LogP contribution >= 0.6 is 11.8 Å². The zero-order chi connectivity index (χ0) is 9.97. The summed E-state index contributed by atoms with van der Waals surface area (Å²) in [5, 5.41) is 3.37. The van der Waals surface area contributed by atoms with Gasteiger partial charge in [-0.2, -0.15) is 0 Å². The summed E-state index contributed by atoms with van der Waals surface area (Å²) in [6, 6.07) is 3.42. The highest BCUT2D eigenvalue weighted by Gasteiger charge is 2.14. The van der Waals surface area contributed by atoms with Crippen molar-refractivity contribution in [2.24, 2.45) is 4.99 Å². The predicted octanol–water partition coefficient (Wildman–Crippen LogP) is 1.42. The van der Waals surface area contributed by atoms with Crippen LogP contribution in [0.5, 0.6) is 0 Å². The molecule has 1 aromatic heterocycles. The molecule has 0 radical (unpaired) electrons. The maximum absolute atomic E-state index is 11.5. The molecule has 0 saturated heterocycles. The van der Waals surface area contributed by atoms with Gasteiger partial charge in [0.1, 0.15) is 5.76 Å². The Morgan fingerprint density at radius 2 is 2.50 bits per heavy atom. The lowest BCUT2D eigenvalue weighted by molar-refractivity contribution is 0.0949. The quantitative estimate of drug-likeness (QED) is 0.762. The van der Waals surface area contributed by atoms with Gasteiger partial charge in [-0.3, -0.25) is 15.1 Å². The van der Waals surface area contributed by atoms with Gasteiger partial charge in [-0.05, 0) is 19.1 Å². The normalized spacial score (nSPS) is 15.4. The Balaban J connectivity index is 2.02. The minimum atomic E-state index is -0.230. The molecule has 0 bridgehead atoms. The van der Waals surface area contributed by atoms with Crippen LogP contribution in [0.15, 0.2) is 21.5 Å². The van der Waals surface area contributed by atoms with E-state index >= 15 is 0 Å². The average Bonchev–Trinajstić information content (AvgIpc) is 2.75. The molecule has 1 aliphatic rings. The molecule has 0 fully saturated rings. The lowest BCUT2D eigenvalue weighted by Crippen LogP contribution is -2.26. The topological polar surface area (TPSA) is 54.6 Å². The fraction of sp³-hybridized carbons (Fsp3) is 0.333. The number of nitrogens with zero attached hydrogens (tertiary/aromatic N) is 1. The second-order valence-corrected chi connectivity index (χ2v) is 3.98. The van der Waals surface area contributed by atoms with E-state index in [-0.39, 0.29) is 5.91 Å². The second-order valence-electron chi connectivity index (χ2n) is 2.90. The van der Waals surface area contributed by atoms with Crippen LogP contribution in [-0.4, -0.2) is 23.4 Å². The number of hydrogen-bond donors (Lipinski definition) is 1. The van der Waals surface area contributed by atoms with E-state index in [0.717, 1.165) is 18.1 Å². The molecule has 2 rings (SSSR count). The third-order valence-electron chi connectivity index (χ3n) is 1.77. The van der Waals surface area contributed by atoms with Gasteiger partial charge in [-0.15, -0.1) is 0 Å². The maximum Gasteiger partial charge on any atom is 0.292 e. The van der Waals surface area contributed by atoms with Crippen molar-refractivity contribution in [2.45, 2.75) is 6.92 Å². The van der Waals surface area contributed by atoms with Gasteiger partial charge in [-0.25, -0.2) is 0 Å². The Hall–Kier alpha value is -1.23. The first-order valence-corrected chi connectivity index (χ1v) is 5.29. The summed E-state index contributed by atoms with van der Waals surface area (Å²) in [5.41, 5.74) is 0. The molecule has 5 heteroatoms. The van der Waals surface area contributed by atoms with E-state index in [2.05, 4.69) is 10.3 Å². The molecule has 4 nitrogen and oxygen atoms in total. The first kappa shape index (κ1) is 9.33. The van der Waals surface area contributed by atoms with Crippen LogP contribution in [0.3, 0.4) is 0 Å². The van der Waals surface area contributed by atoms with Crippen molar-refractivity contribution in [1.82, 2.24) is 5.32 Å². The Bertz CT molecular complexity index is 384. The van der Waals surface area contributed by atoms with Crippen LogP contribution in [0.1, 0.15) is 16.3 Å². The number of aliphatic imine (C=N–C) groups is 1. The number of furan rings is 1. The van der Waals surface area contributed by atoms with Gasteiger partial charge in [0.15, 0.2) is 10.9 Å². The van der Waals surface area contributed by atoms with Crippen molar-refractivity contribution >= 4 is 22.8 Å². The molecule has 1 aromatic rings. The number of aryl methyl sites for hydroxylation is 1. The van der Waals surface area contributed by atoms with Crippen LogP contribution in [0.2, 0.25) is 0 Å². The smallest absolute Gasteiger partial charge is 0.292 e. The highest BCUT2D eigenvalue weighted by Crippen LogP contribution is 2.11. The van der Waals surface area contributed by atoms with E-state index in [4.69, 9.17) is 4.42 Å².